The molecule has 1 aliphatic carbocycles. The number of carbonyl (C=O) groups is 1. The molecular weight excluding hydrogens is 374 g/mol. The maximum absolute atomic E-state index is 13.1. The largest absolute Gasteiger partial charge is 0.348 e. The first-order valence-electron chi connectivity index (χ1n) is 10.6. The Balaban J connectivity index is 1.49. The van der Waals surface area contributed by atoms with Crippen LogP contribution in [0.25, 0.3) is 22.5 Å². The van der Waals surface area contributed by atoms with Gasteiger partial charge in [-0.05, 0) is 66.3 Å². The van der Waals surface area contributed by atoms with E-state index in [2.05, 4.69) is 45.1 Å². The van der Waals surface area contributed by atoms with Gasteiger partial charge in [0.05, 0.1) is 6.20 Å². The molecule has 30 heavy (non-hydrogen) atoms. The van der Waals surface area contributed by atoms with Crippen molar-refractivity contribution in [1.29, 1.82) is 0 Å². The molecule has 1 saturated carbocycles. The number of nitrogens with one attached hydrogen (secondary N) is 1. The van der Waals surface area contributed by atoms with E-state index >= 15 is 0 Å². The van der Waals surface area contributed by atoms with Gasteiger partial charge in [0.2, 0.25) is 0 Å². The Morgan fingerprint density at radius 1 is 0.967 bits per heavy atom. The van der Waals surface area contributed by atoms with Crippen molar-refractivity contribution in [2.75, 3.05) is 0 Å². The number of amides is 1. The highest BCUT2D eigenvalue weighted by molar-refractivity contribution is 5.93. The molecular formula is C24H25N5O. The molecule has 1 aliphatic rings. The van der Waals surface area contributed by atoms with Gasteiger partial charge >= 0.3 is 0 Å². The van der Waals surface area contributed by atoms with E-state index in [0.717, 1.165) is 28.9 Å². The van der Waals surface area contributed by atoms with Crippen LogP contribution >= 0.6 is 0 Å². The lowest BCUT2D eigenvalue weighted by Crippen LogP contribution is -2.41. The third kappa shape index (κ3) is 3.38. The van der Waals surface area contributed by atoms with Gasteiger partial charge in [-0.1, -0.05) is 25.8 Å². The Morgan fingerprint density at radius 3 is 2.60 bits per heavy atom. The van der Waals surface area contributed by atoms with Gasteiger partial charge in [-0.15, -0.1) is 0 Å². The summed E-state index contributed by atoms with van der Waals surface area (Å²) in [5.41, 5.74) is 3.78. The molecule has 6 heteroatoms. The van der Waals surface area contributed by atoms with Crippen molar-refractivity contribution in [3.8, 4) is 16.9 Å². The Labute approximate surface area is 175 Å². The summed E-state index contributed by atoms with van der Waals surface area (Å²) < 4.78 is 3.80. The molecule has 0 saturated heterocycles. The van der Waals surface area contributed by atoms with Crippen molar-refractivity contribution in [3.05, 3.63) is 72.9 Å². The molecule has 5 rings (SSSR count). The first-order chi connectivity index (χ1) is 14.7. The molecule has 1 N–H and O–H groups in total. The van der Waals surface area contributed by atoms with Gasteiger partial charge in [0, 0.05) is 30.1 Å². The predicted molar refractivity (Wildman–Crippen MR) is 117 cm³/mol. The monoisotopic (exact) mass is 399 g/mol. The maximum atomic E-state index is 13.1. The quantitative estimate of drug-likeness (QED) is 0.550. The van der Waals surface area contributed by atoms with Crippen LogP contribution in [-0.4, -0.2) is 31.1 Å². The van der Waals surface area contributed by atoms with Gasteiger partial charge in [0.25, 0.3) is 5.91 Å². The third-order valence-corrected chi connectivity index (χ3v) is 6.16. The molecule has 2 atom stereocenters. The highest BCUT2D eigenvalue weighted by atomic mass is 16.2. The van der Waals surface area contributed by atoms with Crippen LogP contribution in [0.15, 0.2) is 67.3 Å². The van der Waals surface area contributed by atoms with Crippen molar-refractivity contribution in [3.63, 3.8) is 0 Å². The SMILES string of the molecule is C[C@@H]1CCCC[C@H]1NC(=O)c1ccnn1-c1ccc2ccc(-c3ccncc3)cn12. The molecule has 0 aliphatic heterocycles. The van der Waals surface area contributed by atoms with Crippen LogP contribution in [0.5, 0.6) is 0 Å². The van der Waals surface area contributed by atoms with Crippen LogP contribution in [0.1, 0.15) is 43.1 Å². The summed E-state index contributed by atoms with van der Waals surface area (Å²) >= 11 is 0. The van der Waals surface area contributed by atoms with Gasteiger partial charge < -0.3 is 9.72 Å². The van der Waals surface area contributed by atoms with Gasteiger partial charge in [-0.25, -0.2) is 4.68 Å². The Bertz CT molecular complexity index is 1180. The van der Waals surface area contributed by atoms with Crippen molar-refractivity contribution >= 4 is 11.4 Å². The number of fused-ring (bicyclic) bond motifs is 1. The number of aromatic nitrogens is 4. The average molecular weight is 399 g/mol. The smallest absolute Gasteiger partial charge is 0.270 e. The minimum Gasteiger partial charge on any atom is -0.348 e. The van der Waals surface area contributed by atoms with E-state index in [1.165, 1.54) is 19.3 Å². The molecule has 0 unspecified atom stereocenters. The first-order valence-corrected chi connectivity index (χ1v) is 10.6. The van der Waals surface area contributed by atoms with Crippen LogP contribution < -0.4 is 5.32 Å². The fraction of sp³-hybridized carbons (Fsp3) is 0.292. The average Bonchev–Trinajstić information content (AvgIpc) is 3.42. The second-order valence-electron chi connectivity index (χ2n) is 8.11. The summed E-state index contributed by atoms with van der Waals surface area (Å²) in [4.78, 5) is 17.2. The Morgan fingerprint density at radius 2 is 1.77 bits per heavy atom. The van der Waals surface area contributed by atoms with Crippen LogP contribution in [0.3, 0.4) is 0 Å². The Kier molecular flexibility index (Phi) is 4.83. The topological polar surface area (TPSA) is 64.2 Å². The molecule has 1 amide bonds. The zero-order valence-corrected chi connectivity index (χ0v) is 17.0. The maximum Gasteiger partial charge on any atom is 0.270 e. The van der Waals surface area contributed by atoms with E-state index in [1.807, 2.05) is 24.3 Å². The zero-order valence-electron chi connectivity index (χ0n) is 17.0. The van der Waals surface area contributed by atoms with Crippen molar-refractivity contribution in [2.45, 2.75) is 38.6 Å². The number of hydrogen-bond acceptors (Lipinski definition) is 3. The molecule has 4 heterocycles. The number of rotatable bonds is 4. The van der Waals surface area contributed by atoms with E-state index in [1.54, 1.807) is 29.3 Å². The summed E-state index contributed by atoms with van der Waals surface area (Å²) in [6, 6.07) is 14.2. The van der Waals surface area contributed by atoms with E-state index in [4.69, 9.17) is 0 Å². The standard InChI is InChI=1S/C24H25N5O/c1-17-4-2-3-5-21(17)27-24(30)22-12-15-26-29(22)23-9-8-20-7-6-19(16-28(20)23)18-10-13-25-14-11-18/h6-17,21H,2-5H2,1H3,(H,27,30)/t17-,21-/m1/s1. The van der Waals surface area contributed by atoms with E-state index in [9.17, 15) is 4.79 Å². The van der Waals surface area contributed by atoms with E-state index in [0.29, 0.717) is 11.6 Å². The molecule has 0 spiro atoms. The minimum atomic E-state index is -0.0634. The highest BCUT2D eigenvalue weighted by Crippen LogP contribution is 2.25. The van der Waals surface area contributed by atoms with Gasteiger partial charge in [-0.3, -0.25) is 9.78 Å². The number of nitrogens with zero attached hydrogens (tertiary/aromatic N) is 4. The normalized spacial score (nSPS) is 19.1. The van der Waals surface area contributed by atoms with Crippen LogP contribution in [-0.2, 0) is 0 Å². The zero-order chi connectivity index (χ0) is 20.5. The summed E-state index contributed by atoms with van der Waals surface area (Å²) in [6.07, 6.45) is 12.0. The minimum absolute atomic E-state index is 0.0634. The van der Waals surface area contributed by atoms with E-state index < -0.39 is 0 Å². The van der Waals surface area contributed by atoms with Crippen LogP contribution in [0.2, 0.25) is 0 Å². The summed E-state index contributed by atoms with van der Waals surface area (Å²) in [5, 5.41) is 7.71. The van der Waals surface area contributed by atoms with E-state index in [-0.39, 0.29) is 11.9 Å². The van der Waals surface area contributed by atoms with Gasteiger partial charge in [0.1, 0.15) is 11.5 Å². The van der Waals surface area contributed by atoms with Crippen molar-refractivity contribution in [1.82, 2.24) is 24.5 Å². The highest BCUT2D eigenvalue weighted by Gasteiger charge is 2.25. The summed E-state index contributed by atoms with van der Waals surface area (Å²) in [7, 11) is 0. The van der Waals surface area contributed by atoms with Crippen molar-refractivity contribution < 1.29 is 4.79 Å². The first kappa shape index (κ1) is 18.6. The Hall–Kier alpha value is -3.41. The molecule has 0 bridgehead atoms. The second-order valence-corrected chi connectivity index (χ2v) is 8.11. The molecule has 4 aromatic heterocycles. The second kappa shape index (κ2) is 7.78. The number of pyridine rings is 2. The fourth-order valence-corrected chi connectivity index (χ4v) is 4.41. The van der Waals surface area contributed by atoms with Crippen LogP contribution in [0, 0.1) is 5.92 Å². The lowest BCUT2D eigenvalue weighted by Gasteiger charge is -2.29. The molecule has 0 radical (unpaired) electrons. The lowest BCUT2D eigenvalue weighted by atomic mass is 9.86. The fourth-order valence-electron chi connectivity index (χ4n) is 4.41. The van der Waals surface area contributed by atoms with Gasteiger partial charge in [-0.2, -0.15) is 5.10 Å². The number of hydrogen-bond donors (Lipinski definition) is 1. The summed E-state index contributed by atoms with van der Waals surface area (Å²) in [6.45, 7) is 2.22. The molecule has 1 fully saturated rings. The molecule has 6 nitrogen and oxygen atoms in total. The molecule has 0 aromatic carbocycles. The van der Waals surface area contributed by atoms with Gasteiger partial charge in [0.15, 0.2) is 0 Å². The molecule has 152 valence electrons. The predicted octanol–water partition coefficient (Wildman–Crippen LogP) is 4.50. The van der Waals surface area contributed by atoms with Crippen LogP contribution in [0.4, 0.5) is 0 Å². The lowest BCUT2D eigenvalue weighted by molar-refractivity contribution is 0.0902. The summed E-state index contributed by atoms with van der Waals surface area (Å²) in [5.74, 6) is 1.29. The third-order valence-electron chi connectivity index (χ3n) is 6.16. The van der Waals surface area contributed by atoms with Crippen molar-refractivity contribution in [2.24, 2.45) is 5.92 Å². The molecule has 4 aromatic rings. The number of carbonyl (C=O) groups excluding carboxylic acids is 1.